The van der Waals surface area contributed by atoms with E-state index in [1.54, 1.807) is 0 Å². The zero-order valence-electron chi connectivity index (χ0n) is 18.5. The number of guanidine groups is 1. The molecule has 0 saturated carbocycles. The zero-order chi connectivity index (χ0) is 21.6. The summed E-state index contributed by atoms with van der Waals surface area (Å²) in [7, 11) is 1.96. The molecule has 1 atom stereocenters. The molecular weight excluding hydrogens is 392 g/mol. The predicted octanol–water partition coefficient (Wildman–Crippen LogP) is 2.07. The van der Waals surface area contributed by atoms with Crippen LogP contribution in [0.2, 0.25) is 0 Å². The van der Waals surface area contributed by atoms with Crippen LogP contribution in [0, 0.1) is 5.92 Å². The maximum atomic E-state index is 12.3. The van der Waals surface area contributed by atoms with E-state index in [2.05, 4.69) is 28.4 Å². The molecular formula is C23H32N6O2. The van der Waals surface area contributed by atoms with Gasteiger partial charge >= 0.3 is 0 Å². The maximum absolute atomic E-state index is 12.3. The molecule has 0 bridgehead atoms. The van der Waals surface area contributed by atoms with Gasteiger partial charge in [0.1, 0.15) is 5.75 Å². The van der Waals surface area contributed by atoms with E-state index in [-0.39, 0.29) is 12.5 Å². The van der Waals surface area contributed by atoms with Gasteiger partial charge in [0.05, 0.1) is 11.9 Å². The predicted molar refractivity (Wildman–Crippen MR) is 121 cm³/mol. The number of aryl methyl sites for hydroxylation is 1. The lowest BCUT2D eigenvalue weighted by molar-refractivity contribution is -0.121. The van der Waals surface area contributed by atoms with E-state index in [0.717, 1.165) is 49.9 Å². The minimum Gasteiger partial charge on any atom is -0.482 e. The Morgan fingerprint density at radius 2 is 2.23 bits per heavy atom. The molecule has 31 heavy (non-hydrogen) atoms. The van der Waals surface area contributed by atoms with E-state index < -0.39 is 0 Å². The van der Waals surface area contributed by atoms with Crippen molar-refractivity contribution in [1.82, 2.24) is 20.0 Å². The summed E-state index contributed by atoms with van der Waals surface area (Å²) in [4.78, 5) is 21.4. The van der Waals surface area contributed by atoms with Crippen molar-refractivity contribution in [3.8, 4) is 5.75 Å². The molecule has 2 aromatic rings. The number of para-hydroxylation sites is 2. The molecule has 1 N–H and O–H groups in total. The third-order valence-electron chi connectivity index (χ3n) is 5.81. The molecule has 2 aliphatic rings. The van der Waals surface area contributed by atoms with Gasteiger partial charge in [-0.05, 0) is 49.8 Å². The van der Waals surface area contributed by atoms with Gasteiger partial charge in [-0.25, -0.2) is 0 Å². The highest BCUT2D eigenvalue weighted by molar-refractivity contribution is 5.97. The number of rotatable bonds is 7. The van der Waals surface area contributed by atoms with Crippen LogP contribution in [0.15, 0.2) is 41.7 Å². The lowest BCUT2D eigenvalue weighted by atomic mass is 10.0. The van der Waals surface area contributed by atoms with Crippen molar-refractivity contribution in [2.24, 2.45) is 18.0 Å². The van der Waals surface area contributed by atoms with Crippen molar-refractivity contribution in [2.45, 2.75) is 26.2 Å². The summed E-state index contributed by atoms with van der Waals surface area (Å²) >= 11 is 0. The van der Waals surface area contributed by atoms with Gasteiger partial charge in [0, 0.05) is 46.0 Å². The van der Waals surface area contributed by atoms with Gasteiger partial charge in [0.25, 0.3) is 5.91 Å². The highest BCUT2D eigenvalue weighted by Crippen LogP contribution is 2.31. The number of aliphatic imine (C=N–C) groups is 1. The number of hydrogen-bond acceptors (Lipinski definition) is 4. The van der Waals surface area contributed by atoms with E-state index in [4.69, 9.17) is 9.73 Å². The molecule has 1 aromatic heterocycles. The van der Waals surface area contributed by atoms with Crippen LogP contribution in [-0.4, -0.2) is 65.9 Å². The third-order valence-corrected chi connectivity index (χ3v) is 5.81. The van der Waals surface area contributed by atoms with E-state index >= 15 is 0 Å². The second kappa shape index (κ2) is 9.85. The van der Waals surface area contributed by atoms with Gasteiger partial charge in [0.2, 0.25) is 0 Å². The fourth-order valence-electron chi connectivity index (χ4n) is 4.34. The molecule has 1 saturated heterocycles. The lowest BCUT2D eigenvalue weighted by Crippen LogP contribution is -2.41. The van der Waals surface area contributed by atoms with Crippen molar-refractivity contribution in [3.63, 3.8) is 0 Å². The number of nitrogens with zero attached hydrogens (tertiary/aromatic N) is 5. The number of anilines is 1. The normalized spacial score (nSPS) is 18.8. The Bertz CT molecular complexity index is 924. The molecule has 4 rings (SSSR count). The molecule has 1 aromatic carbocycles. The van der Waals surface area contributed by atoms with Crippen molar-refractivity contribution in [2.75, 3.05) is 44.2 Å². The summed E-state index contributed by atoms with van der Waals surface area (Å²) in [5.74, 6) is 2.38. The van der Waals surface area contributed by atoms with Crippen LogP contribution in [-0.2, 0) is 18.3 Å². The summed E-state index contributed by atoms with van der Waals surface area (Å²) in [6.07, 6.45) is 7.10. The molecule has 1 fully saturated rings. The van der Waals surface area contributed by atoms with Crippen LogP contribution in [0.1, 0.15) is 25.3 Å². The van der Waals surface area contributed by atoms with Gasteiger partial charge in [-0.15, -0.1) is 0 Å². The highest BCUT2D eigenvalue weighted by atomic mass is 16.5. The van der Waals surface area contributed by atoms with Crippen molar-refractivity contribution >= 4 is 17.6 Å². The number of benzene rings is 1. The van der Waals surface area contributed by atoms with Gasteiger partial charge in [-0.3, -0.25) is 14.5 Å². The molecule has 8 nitrogen and oxygen atoms in total. The van der Waals surface area contributed by atoms with E-state index in [1.807, 2.05) is 47.1 Å². The van der Waals surface area contributed by atoms with E-state index in [9.17, 15) is 4.79 Å². The molecule has 1 amide bonds. The molecule has 2 aliphatic heterocycles. The number of nitrogens with one attached hydrogen (secondary N) is 1. The number of fused-ring (bicyclic) bond motifs is 1. The standard InChI is InChI=1S/C23H32N6O2/c1-3-24-23(28-12-9-18(16-28)13-19-14-26-27(2)15-19)25-10-6-11-29-20-7-4-5-8-21(20)31-17-22(29)30/h4-5,7-8,14-15,18H,3,6,9-13,16-17H2,1-2H3,(H,24,25). The Hall–Kier alpha value is -3.03. The Morgan fingerprint density at radius 1 is 1.35 bits per heavy atom. The van der Waals surface area contributed by atoms with Gasteiger partial charge in [0.15, 0.2) is 12.6 Å². The Kier molecular flexibility index (Phi) is 6.74. The molecule has 0 radical (unpaired) electrons. The first kappa shape index (κ1) is 21.2. The number of amides is 1. The van der Waals surface area contributed by atoms with Gasteiger partial charge < -0.3 is 19.9 Å². The molecule has 3 heterocycles. The molecule has 166 valence electrons. The monoisotopic (exact) mass is 424 g/mol. The SMILES string of the molecule is CCNC(=NCCCN1C(=O)COc2ccccc21)N1CCC(Cc2cnn(C)c2)C1. The highest BCUT2D eigenvalue weighted by Gasteiger charge is 2.26. The first-order chi connectivity index (χ1) is 15.1. The van der Waals surface area contributed by atoms with Gasteiger partial charge in [-0.2, -0.15) is 5.10 Å². The van der Waals surface area contributed by atoms with Crippen LogP contribution in [0.25, 0.3) is 0 Å². The summed E-state index contributed by atoms with van der Waals surface area (Å²) in [6.45, 7) is 6.40. The number of carbonyl (C=O) groups is 1. The van der Waals surface area contributed by atoms with Crippen LogP contribution >= 0.6 is 0 Å². The second-order valence-corrected chi connectivity index (χ2v) is 8.22. The first-order valence-corrected chi connectivity index (χ1v) is 11.2. The van der Waals surface area contributed by atoms with Crippen LogP contribution in [0.5, 0.6) is 5.75 Å². The molecule has 0 spiro atoms. The summed E-state index contributed by atoms with van der Waals surface area (Å²) in [5.41, 5.74) is 2.15. The second-order valence-electron chi connectivity index (χ2n) is 8.22. The number of ether oxygens (including phenoxy) is 1. The Balaban J connectivity index is 1.31. The van der Waals surface area contributed by atoms with Crippen molar-refractivity contribution in [3.05, 3.63) is 42.2 Å². The largest absolute Gasteiger partial charge is 0.482 e. The Morgan fingerprint density at radius 3 is 3.03 bits per heavy atom. The summed E-state index contributed by atoms with van der Waals surface area (Å²) in [5, 5.41) is 7.72. The van der Waals surface area contributed by atoms with Crippen LogP contribution in [0.3, 0.4) is 0 Å². The summed E-state index contributed by atoms with van der Waals surface area (Å²) < 4.78 is 7.39. The fraction of sp³-hybridized carbons (Fsp3) is 0.522. The van der Waals surface area contributed by atoms with Crippen molar-refractivity contribution < 1.29 is 9.53 Å². The van der Waals surface area contributed by atoms with Crippen molar-refractivity contribution in [1.29, 1.82) is 0 Å². The fourth-order valence-corrected chi connectivity index (χ4v) is 4.34. The van der Waals surface area contributed by atoms with Crippen LogP contribution in [0.4, 0.5) is 5.69 Å². The quantitative estimate of drug-likeness (QED) is 0.418. The maximum Gasteiger partial charge on any atom is 0.265 e. The molecule has 1 unspecified atom stereocenters. The Labute approximate surface area is 183 Å². The van der Waals surface area contributed by atoms with E-state index in [1.165, 1.54) is 12.0 Å². The van der Waals surface area contributed by atoms with Gasteiger partial charge in [-0.1, -0.05) is 12.1 Å². The smallest absolute Gasteiger partial charge is 0.265 e. The number of carbonyl (C=O) groups excluding carboxylic acids is 1. The average molecular weight is 425 g/mol. The average Bonchev–Trinajstić information content (AvgIpc) is 3.40. The number of likely N-dealkylation sites (tertiary alicyclic amines) is 1. The first-order valence-electron chi connectivity index (χ1n) is 11.2. The molecule has 0 aliphatic carbocycles. The molecule has 8 heteroatoms. The lowest BCUT2D eigenvalue weighted by Gasteiger charge is -2.29. The summed E-state index contributed by atoms with van der Waals surface area (Å²) in [6, 6.07) is 7.71. The number of aromatic nitrogens is 2. The minimum absolute atomic E-state index is 0.00683. The zero-order valence-corrected chi connectivity index (χ0v) is 18.5. The van der Waals surface area contributed by atoms with E-state index in [0.29, 0.717) is 19.0 Å². The number of hydrogen-bond donors (Lipinski definition) is 1. The minimum atomic E-state index is 0.00683. The van der Waals surface area contributed by atoms with Crippen LogP contribution < -0.4 is 15.0 Å². The third kappa shape index (κ3) is 5.18. The topological polar surface area (TPSA) is 75.0 Å².